The molecule has 0 heterocycles. The summed E-state index contributed by atoms with van der Waals surface area (Å²) >= 11 is 0. The molecular formula is C7H10O4. The molecule has 0 aliphatic rings. The number of esters is 2. The molecule has 11 heavy (non-hydrogen) atoms. The fourth-order valence-electron chi connectivity index (χ4n) is 0.475. The van der Waals surface area contributed by atoms with Crippen molar-refractivity contribution in [3.8, 4) is 0 Å². The molecule has 62 valence electrons. The molecule has 0 aromatic carbocycles. The van der Waals surface area contributed by atoms with E-state index in [1.54, 1.807) is 0 Å². The number of hydrogen-bond donors (Lipinski definition) is 0. The molecule has 0 amide bonds. The number of ether oxygens (including phenoxy) is 2. The minimum absolute atomic E-state index is 0.515. The highest BCUT2D eigenvalue weighted by Crippen LogP contribution is 1.94. The van der Waals surface area contributed by atoms with Gasteiger partial charge in [-0.3, -0.25) is 4.79 Å². The summed E-state index contributed by atoms with van der Waals surface area (Å²) in [6, 6.07) is 0. The van der Waals surface area contributed by atoms with Gasteiger partial charge < -0.3 is 9.47 Å². The highest BCUT2D eigenvalue weighted by molar-refractivity contribution is 5.78. The molecule has 0 rings (SSSR count). The lowest BCUT2D eigenvalue weighted by atomic mass is 10.4. The Bertz CT molecular complexity index is 173. The Kier molecular flexibility index (Phi) is 3.95. The highest BCUT2D eigenvalue weighted by Gasteiger charge is 2.15. The van der Waals surface area contributed by atoms with Gasteiger partial charge in [-0.15, -0.1) is 0 Å². The quantitative estimate of drug-likeness (QED) is 0.446. The molecule has 4 heteroatoms. The average Bonchev–Trinajstić information content (AvgIpc) is 1.86. The lowest BCUT2D eigenvalue weighted by Crippen LogP contribution is -2.23. The van der Waals surface area contributed by atoms with Crippen LogP contribution in [0.2, 0.25) is 0 Å². The van der Waals surface area contributed by atoms with Gasteiger partial charge in [0.15, 0.2) is 6.10 Å². The number of rotatable bonds is 3. The second kappa shape index (κ2) is 4.49. The van der Waals surface area contributed by atoms with E-state index < -0.39 is 18.0 Å². The van der Waals surface area contributed by atoms with E-state index in [-0.39, 0.29) is 0 Å². The van der Waals surface area contributed by atoms with Crippen molar-refractivity contribution in [3.05, 3.63) is 12.8 Å². The van der Waals surface area contributed by atoms with Crippen LogP contribution in [0.1, 0.15) is 13.8 Å². The maximum atomic E-state index is 10.7. The summed E-state index contributed by atoms with van der Waals surface area (Å²) in [5.41, 5.74) is 0. The molecule has 1 unspecified atom stereocenters. The normalized spacial score (nSPS) is 11.5. The largest absolute Gasteiger partial charge is 0.451 e. The van der Waals surface area contributed by atoms with E-state index in [4.69, 9.17) is 0 Å². The van der Waals surface area contributed by atoms with Crippen molar-refractivity contribution in [2.24, 2.45) is 0 Å². The van der Waals surface area contributed by atoms with Crippen molar-refractivity contribution in [1.29, 1.82) is 0 Å². The van der Waals surface area contributed by atoms with Crippen LogP contribution in [0.25, 0.3) is 0 Å². The van der Waals surface area contributed by atoms with E-state index in [9.17, 15) is 9.59 Å². The van der Waals surface area contributed by atoms with Crippen molar-refractivity contribution in [2.75, 3.05) is 0 Å². The molecule has 0 saturated heterocycles. The van der Waals surface area contributed by atoms with Crippen molar-refractivity contribution in [1.82, 2.24) is 0 Å². The molecule has 0 aromatic heterocycles. The van der Waals surface area contributed by atoms with Gasteiger partial charge in [0.1, 0.15) is 0 Å². The third-order valence-electron chi connectivity index (χ3n) is 0.874. The van der Waals surface area contributed by atoms with Crippen molar-refractivity contribution < 1.29 is 19.1 Å². The van der Waals surface area contributed by atoms with E-state index in [0.717, 1.165) is 6.26 Å². The summed E-state index contributed by atoms with van der Waals surface area (Å²) in [6.45, 7) is 5.82. The molecule has 0 saturated carbocycles. The first-order valence-electron chi connectivity index (χ1n) is 3.06. The Balaban J connectivity index is 3.81. The molecule has 1 atom stereocenters. The van der Waals surface area contributed by atoms with E-state index >= 15 is 0 Å². The Morgan fingerprint density at radius 2 is 2.09 bits per heavy atom. The standard InChI is InChI=1S/C7H10O4/c1-4-10-7(9)5(2)11-6(3)8/h4-5H,1H2,2-3H3. The number of hydrogen-bond acceptors (Lipinski definition) is 4. The van der Waals surface area contributed by atoms with Crippen LogP contribution >= 0.6 is 0 Å². The van der Waals surface area contributed by atoms with Gasteiger partial charge in [0.05, 0.1) is 6.26 Å². The fraction of sp³-hybridized carbons (Fsp3) is 0.429. The predicted octanol–water partition coefficient (Wildman–Crippen LogP) is 0.625. The molecule has 0 bridgehead atoms. The third kappa shape index (κ3) is 4.13. The first-order chi connectivity index (χ1) is 5.07. The van der Waals surface area contributed by atoms with Crippen molar-refractivity contribution in [2.45, 2.75) is 20.0 Å². The van der Waals surface area contributed by atoms with Crippen LogP contribution < -0.4 is 0 Å². The molecule has 0 spiro atoms. The summed E-state index contributed by atoms with van der Waals surface area (Å²) in [7, 11) is 0. The van der Waals surface area contributed by atoms with Gasteiger partial charge in [-0.1, -0.05) is 6.58 Å². The van der Waals surface area contributed by atoms with Gasteiger partial charge in [0, 0.05) is 6.92 Å². The summed E-state index contributed by atoms with van der Waals surface area (Å²) in [6.07, 6.45) is 0.119. The van der Waals surface area contributed by atoms with Crippen LogP contribution in [0.5, 0.6) is 0 Å². The Labute approximate surface area is 64.8 Å². The van der Waals surface area contributed by atoms with Crippen LogP contribution in [0.15, 0.2) is 12.8 Å². The molecule has 0 aliphatic carbocycles. The van der Waals surface area contributed by atoms with Gasteiger partial charge in [-0.05, 0) is 6.92 Å². The number of carbonyl (C=O) groups is 2. The van der Waals surface area contributed by atoms with Gasteiger partial charge in [0.2, 0.25) is 0 Å². The monoisotopic (exact) mass is 158 g/mol. The third-order valence-corrected chi connectivity index (χ3v) is 0.874. The lowest BCUT2D eigenvalue weighted by molar-refractivity contribution is -0.161. The second-order valence-corrected chi connectivity index (χ2v) is 1.86. The fourth-order valence-corrected chi connectivity index (χ4v) is 0.475. The van der Waals surface area contributed by atoms with Crippen LogP contribution in [0.4, 0.5) is 0 Å². The molecular weight excluding hydrogens is 148 g/mol. The number of carbonyl (C=O) groups excluding carboxylic acids is 2. The van der Waals surface area contributed by atoms with Crippen molar-refractivity contribution >= 4 is 11.9 Å². The van der Waals surface area contributed by atoms with Gasteiger partial charge >= 0.3 is 11.9 Å². The van der Waals surface area contributed by atoms with E-state index in [1.807, 2.05) is 0 Å². The summed E-state index contributed by atoms with van der Waals surface area (Å²) in [5.74, 6) is -1.14. The zero-order valence-electron chi connectivity index (χ0n) is 6.49. The summed E-state index contributed by atoms with van der Waals surface area (Å²) in [5, 5.41) is 0. The molecule has 0 radical (unpaired) electrons. The zero-order valence-corrected chi connectivity index (χ0v) is 6.49. The van der Waals surface area contributed by atoms with Crippen molar-refractivity contribution in [3.63, 3.8) is 0 Å². The average molecular weight is 158 g/mol. The Morgan fingerprint density at radius 3 is 2.45 bits per heavy atom. The molecule has 0 aliphatic heterocycles. The summed E-state index contributed by atoms with van der Waals surface area (Å²) in [4.78, 5) is 21.0. The van der Waals surface area contributed by atoms with E-state index in [1.165, 1.54) is 13.8 Å². The van der Waals surface area contributed by atoms with Crippen LogP contribution in [0, 0.1) is 0 Å². The van der Waals surface area contributed by atoms with Crippen LogP contribution in [-0.4, -0.2) is 18.0 Å². The lowest BCUT2D eigenvalue weighted by Gasteiger charge is -2.07. The first kappa shape index (κ1) is 9.68. The molecule has 4 nitrogen and oxygen atoms in total. The zero-order chi connectivity index (χ0) is 8.85. The Morgan fingerprint density at radius 1 is 1.55 bits per heavy atom. The minimum atomic E-state index is -0.870. The SMILES string of the molecule is C=COC(=O)C(C)OC(C)=O. The maximum absolute atomic E-state index is 10.7. The van der Waals surface area contributed by atoms with Crippen LogP contribution in [-0.2, 0) is 19.1 Å². The molecule has 0 N–H and O–H groups in total. The second-order valence-electron chi connectivity index (χ2n) is 1.86. The molecule has 0 aromatic rings. The summed E-state index contributed by atoms with van der Waals surface area (Å²) < 4.78 is 8.86. The van der Waals surface area contributed by atoms with Crippen LogP contribution in [0.3, 0.4) is 0 Å². The smallest absolute Gasteiger partial charge is 0.351 e. The van der Waals surface area contributed by atoms with Gasteiger partial charge in [-0.25, -0.2) is 4.79 Å². The Hall–Kier alpha value is -1.32. The first-order valence-corrected chi connectivity index (χ1v) is 3.06. The van der Waals surface area contributed by atoms with E-state index in [0.29, 0.717) is 0 Å². The minimum Gasteiger partial charge on any atom is -0.451 e. The molecule has 0 fully saturated rings. The van der Waals surface area contributed by atoms with E-state index in [2.05, 4.69) is 16.1 Å². The highest BCUT2D eigenvalue weighted by atomic mass is 16.6. The predicted molar refractivity (Wildman–Crippen MR) is 37.5 cm³/mol. The van der Waals surface area contributed by atoms with Gasteiger partial charge in [0.25, 0.3) is 0 Å². The maximum Gasteiger partial charge on any atom is 0.351 e. The topological polar surface area (TPSA) is 52.6 Å². The van der Waals surface area contributed by atoms with Gasteiger partial charge in [-0.2, -0.15) is 0 Å².